The number of aliphatic hydroxyl groups is 4. The quantitative estimate of drug-likeness (QED) is 0.223. The molecule has 1 saturated heterocycles. The van der Waals surface area contributed by atoms with E-state index in [-0.39, 0.29) is 52.9 Å². The summed E-state index contributed by atoms with van der Waals surface area (Å²) < 4.78 is 18.1. The smallest absolute Gasteiger partial charge is 0.303 e. The Morgan fingerprint density at radius 3 is 2.43 bits per heavy atom. The molecule has 15 unspecified atom stereocenters. The summed E-state index contributed by atoms with van der Waals surface area (Å²) in [6.45, 7) is 18.9. The molecule has 8 heteroatoms. The summed E-state index contributed by atoms with van der Waals surface area (Å²) in [6, 6.07) is 0. The minimum absolute atomic E-state index is 0.0316. The SMILES string of the molecule is C=C(CCC(C)C1C(O)CC2C3C(OC(C)=O)C=C4CC(OC5OC(C)C(O)C(O)C5O)CCC4(C)C3CCC21C)C(C)C. The van der Waals surface area contributed by atoms with Gasteiger partial charge in [-0.15, -0.1) is 0 Å². The average Bonchev–Trinajstić information content (AvgIpc) is 3.23. The number of ether oxygens (including phenoxy) is 3. The van der Waals surface area contributed by atoms with Gasteiger partial charge < -0.3 is 34.6 Å². The van der Waals surface area contributed by atoms with Gasteiger partial charge in [-0.2, -0.15) is 0 Å². The lowest BCUT2D eigenvalue weighted by Gasteiger charge is -2.60. The number of hydrogen-bond acceptors (Lipinski definition) is 8. The molecule has 5 rings (SSSR count). The van der Waals surface area contributed by atoms with Crippen molar-refractivity contribution in [2.45, 2.75) is 149 Å². The molecule has 4 fully saturated rings. The van der Waals surface area contributed by atoms with Crippen molar-refractivity contribution in [1.29, 1.82) is 0 Å². The second-order valence-electron chi connectivity index (χ2n) is 15.9. The van der Waals surface area contributed by atoms with Crippen LogP contribution < -0.4 is 0 Å². The summed E-state index contributed by atoms with van der Waals surface area (Å²) in [5.41, 5.74) is 2.38. The second kappa shape index (κ2) is 12.7. The molecule has 4 N–H and O–H groups in total. The van der Waals surface area contributed by atoms with Gasteiger partial charge in [0.05, 0.1) is 18.3 Å². The van der Waals surface area contributed by atoms with Crippen LogP contribution in [0.15, 0.2) is 23.8 Å². The summed E-state index contributed by atoms with van der Waals surface area (Å²) >= 11 is 0. The Labute approximate surface area is 264 Å². The largest absolute Gasteiger partial charge is 0.458 e. The molecular weight excluding hydrogens is 560 g/mol. The van der Waals surface area contributed by atoms with Crippen LogP contribution in [-0.2, 0) is 19.0 Å². The van der Waals surface area contributed by atoms with Gasteiger partial charge in [0.15, 0.2) is 6.29 Å². The van der Waals surface area contributed by atoms with Crippen LogP contribution in [0.3, 0.4) is 0 Å². The highest BCUT2D eigenvalue weighted by atomic mass is 16.7. The summed E-state index contributed by atoms with van der Waals surface area (Å²) in [5.74, 6) is 1.46. The van der Waals surface area contributed by atoms with Crippen LogP contribution in [0.1, 0.15) is 99.8 Å². The van der Waals surface area contributed by atoms with E-state index in [1.165, 1.54) is 18.1 Å². The number of hydrogen-bond donors (Lipinski definition) is 4. The molecule has 0 bridgehead atoms. The predicted molar refractivity (Wildman–Crippen MR) is 167 cm³/mol. The van der Waals surface area contributed by atoms with Crippen LogP contribution in [0.5, 0.6) is 0 Å². The second-order valence-corrected chi connectivity index (χ2v) is 15.9. The lowest BCUT2D eigenvalue weighted by Crippen LogP contribution is -2.58. The molecule has 0 aromatic rings. The number of esters is 1. The zero-order chi connectivity index (χ0) is 32.3. The van der Waals surface area contributed by atoms with E-state index >= 15 is 0 Å². The molecule has 0 aromatic heterocycles. The van der Waals surface area contributed by atoms with Crippen molar-refractivity contribution < 1.29 is 39.4 Å². The van der Waals surface area contributed by atoms with Crippen molar-refractivity contribution in [2.24, 2.45) is 46.3 Å². The first kappa shape index (κ1) is 34.1. The van der Waals surface area contributed by atoms with Crippen molar-refractivity contribution >= 4 is 5.97 Å². The number of aliphatic hydroxyl groups excluding tert-OH is 4. The van der Waals surface area contributed by atoms with Crippen LogP contribution in [0, 0.1) is 46.3 Å². The third-order valence-electron chi connectivity index (χ3n) is 13.0. The molecule has 15 atom stereocenters. The monoisotopic (exact) mass is 618 g/mol. The molecule has 5 aliphatic rings. The Hall–Kier alpha value is -1.29. The lowest BCUT2D eigenvalue weighted by atomic mass is 9.46. The molecule has 1 aliphatic heterocycles. The van der Waals surface area contributed by atoms with Crippen molar-refractivity contribution in [3.8, 4) is 0 Å². The lowest BCUT2D eigenvalue weighted by molar-refractivity contribution is -0.306. The van der Waals surface area contributed by atoms with Gasteiger partial charge in [0.2, 0.25) is 0 Å². The Balaban J connectivity index is 1.38. The number of allylic oxidation sites excluding steroid dienone is 1. The zero-order valence-corrected chi connectivity index (χ0v) is 27.9. The molecule has 0 amide bonds. The molecule has 0 aromatic carbocycles. The fourth-order valence-corrected chi connectivity index (χ4v) is 10.3. The molecule has 250 valence electrons. The van der Waals surface area contributed by atoms with Gasteiger partial charge in [-0.25, -0.2) is 0 Å². The normalized spacial score (nSPS) is 47.7. The van der Waals surface area contributed by atoms with E-state index in [0.29, 0.717) is 24.2 Å². The van der Waals surface area contributed by atoms with Gasteiger partial charge in [0.25, 0.3) is 0 Å². The summed E-state index contributed by atoms with van der Waals surface area (Å²) in [7, 11) is 0. The zero-order valence-electron chi connectivity index (χ0n) is 27.9. The van der Waals surface area contributed by atoms with Crippen molar-refractivity contribution in [3.05, 3.63) is 23.8 Å². The number of carbonyl (C=O) groups is 1. The van der Waals surface area contributed by atoms with Gasteiger partial charge in [-0.1, -0.05) is 52.3 Å². The van der Waals surface area contributed by atoms with E-state index in [1.807, 2.05) is 0 Å². The van der Waals surface area contributed by atoms with E-state index in [2.05, 4.69) is 47.3 Å². The minimum Gasteiger partial charge on any atom is -0.458 e. The van der Waals surface area contributed by atoms with Crippen LogP contribution >= 0.6 is 0 Å². The fourth-order valence-electron chi connectivity index (χ4n) is 10.3. The van der Waals surface area contributed by atoms with Crippen LogP contribution in [-0.4, -0.2) is 75.4 Å². The van der Waals surface area contributed by atoms with Crippen molar-refractivity contribution in [3.63, 3.8) is 0 Å². The highest BCUT2D eigenvalue weighted by molar-refractivity contribution is 5.66. The molecule has 0 spiro atoms. The maximum atomic E-state index is 12.5. The van der Waals surface area contributed by atoms with Gasteiger partial charge in [-0.3, -0.25) is 4.79 Å². The Morgan fingerprint density at radius 1 is 1.07 bits per heavy atom. The molecule has 3 saturated carbocycles. The minimum atomic E-state index is -1.34. The highest BCUT2D eigenvalue weighted by Gasteiger charge is 2.64. The van der Waals surface area contributed by atoms with E-state index < -0.39 is 30.7 Å². The van der Waals surface area contributed by atoms with Crippen molar-refractivity contribution in [2.75, 3.05) is 0 Å². The third kappa shape index (κ3) is 5.97. The Bertz CT molecular complexity index is 1100. The molecule has 4 aliphatic carbocycles. The highest BCUT2D eigenvalue weighted by Crippen LogP contribution is 2.67. The topological polar surface area (TPSA) is 126 Å². The Morgan fingerprint density at radius 2 is 1.77 bits per heavy atom. The summed E-state index contributed by atoms with van der Waals surface area (Å²) in [6.07, 6.45) is 2.81. The average molecular weight is 619 g/mol. The van der Waals surface area contributed by atoms with Gasteiger partial charge in [-0.05, 0) is 105 Å². The molecule has 8 nitrogen and oxygen atoms in total. The van der Waals surface area contributed by atoms with Gasteiger partial charge in [0, 0.05) is 12.8 Å². The number of rotatable bonds is 8. The predicted octanol–water partition coefficient (Wildman–Crippen LogP) is 4.92. The Kier molecular flexibility index (Phi) is 9.85. The first-order valence-corrected chi connectivity index (χ1v) is 17.2. The van der Waals surface area contributed by atoms with Gasteiger partial charge >= 0.3 is 5.97 Å². The molecule has 0 radical (unpaired) electrons. The van der Waals surface area contributed by atoms with Crippen LogP contribution in [0.25, 0.3) is 0 Å². The molecule has 44 heavy (non-hydrogen) atoms. The first-order valence-electron chi connectivity index (χ1n) is 17.2. The standard InChI is InChI=1S/C36H58O8/c1-18(2)19(3)9-10-20(4)30-27(38)17-26-29-25(12-14-36(26,30)8)35(7)13-11-24(15-23(35)16-28(29)43-22(6)37)44-34-33(41)32(40)31(39)21(5)42-34/h16,18,20-21,24-34,38-41H,3,9-15,17H2,1-2,4-8H3. The molecular formula is C36H58O8. The van der Waals surface area contributed by atoms with Gasteiger partial charge in [0.1, 0.15) is 24.4 Å². The maximum absolute atomic E-state index is 12.5. The van der Waals surface area contributed by atoms with E-state index in [0.717, 1.165) is 44.9 Å². The van der Waals surface area contributed by atoms with Crippen LogP contribution in [0.2, 0.25) is 0 Å². The van der Waals surface area contributed by atoms with E-state index in [9.17, 15) is 25.2 Å². The third-order valence-corrected chi connectivity index (χ3v) is 13.0. The van der Waals surface area contributed by atoms with Crippen LogP contribution in [0.4, 0.5) is 0 Å². The summed E-state index contributed by atoms with van der Waals surface area (Å²) in [4.78, 5) is 12.5. The van der Waals surface area contributed by atoms with Crippen molar-refractivity contribution in [1.82, 2.24) is 0 Å². The van der Waals surface area contributed by atoms with E-state index in [4.69, 9.17) is 14.2 Å². The van der Waals surface area contributed by atoms with E-state index in [1.54, 1.807) is 6.92 Å². The first-order chi connectivity index (χ1) is 20.6. The number of carbonyl (C=O) groups excluding carboxylic acids is 1. The summed E-state index contributed by atoms with van der Waals surface area (Å²) in [5, 5.41) is 42.6. The number of fused-ring (bicyclic) bond motifs is 5. The maximum Gasteiger partial charge on any atom is 0.303 e. The molecule has 1 heterocycles. The fraction of sp³-hybridized carbons (Fsp3) is 0.861.